The Balaban J connectivity index is 1.52. The van der Waals surface area contributed by atoms with Crippen molar-refractivity contribution < 1.29 is 4.79 Å². The molecule has 7 heteroatoms. The molecule has 0 saturated carbocycles. The van der Waals surface area contributed by atoms with Crippen molar-refractivity contribution in [2.24, 2.45) is 0 Å². The lowest BCUT2D eigenvalue weighted by Gasteiger charge is -2.24. The van der Waals surface area contributed by atoms with Gasteiger partial charge in [-0.2, -0.15) is 4.68 Å². The normalized spacial score (nSPS) is 16.0. The summed E-state index contributed by atoms with van der Waals surface area (Å²) in [6.45, 7) is 4.00. The first-order chi connectivity index (χ1) is 14.1. The Hall–Kier alpha value is -3.48. The zero-order valence-corrected chi connectivity index (χ0v) is 16.4. The van der Waals surface area contributed by atoms with Crippen molar-refractivity contribution in [1.82, 2.24) is 30.5 Å². The fraction of sp³-hybridized carbons (Fsp3) is 0.273. The van der Waals surface area contributed by atoms with E-state index in [-0.39, 0.29) is 11.9 Å². The molecule has 1 aliphatic rings. The van der Waals surface area contributed by atoms with Crippen LogP contribution in [-0.2, 0) is 6.42 Å². The van der Waals surface area contributed by atoms with Gasteiger partial charge in [0.15, 0.2) is 0 Å². The molecular formula is C22H22N6O. The molecule has 29 heavy (non-hydrogen) atoms. The van der Waals surface area contributed by atoms with Crippen LogP contribution in [0.15, 0.2) is 42.7 Å². The summed E-state index contributed by atoms with van der Waals surface area (Å²) in [7, 11) is 0. The zero-order chi connectivity index (χ0) is 20.0. The summed E-state index contributed by atoms with van der Waals surface area (Å²) in [5, 5.41) is 16.0. The summed E-state index contributed by atoms with van der Waals surface area (Å²) in [4.78, 5) is 16.8. The highest BCUT2D eigenvalue weighted by Crippen LogP contribution is 2.35. The van der Waals surface area contributed by atoms with Gasteiger partial charge in [0, 0.05) is 16.6 Å². The minimum absolute atomic E-state index is 0.0398. The number of tetrazole rings is 1. The lowest BCUT2D eigenvalue weighted by atomic mass is 9.91. The molecule has 4 aromatic rings. The molecule has 0 saturated heterocycles. The number of carbonyl (C=O) groups excluding carboxylic acids is 1. The maximum absolute atomic E-state index is 13.3. The van der Waals surface area contributed by atoms with Gasteiger partial charge in [0.05, 0.1) is 17.3 Å². The Morgan fingerprint density at radius 1 is 1.21 bits per heavy atom. The molecule has 0 bridgehead atoms. The third kappa shape index (κ3) is 2.90. The molecule has 2 N–H and O–H groups in total. The largest absolute Gasteiger partial charge is 0.356 e. The molecular weight excluding hydrogens is 364 g/mol. The van der Waals surface area contributed by atoms with Gasteiger partial charge in [0.1, 0.15) is 6.33 Å². The van der Waals surface area contributed by atoms with Crippen LogP contribution in [0.4, 0.5) is 0 Å². The number of amides is 1. The van der Waals surface area contributed by atoms with Crippen LogP contribution in [0, 0.1) is 13.8 Å². The number of nitrogens with zero attached hydrogens (tertiary/aromatic N) is 4. The second-order valence-corrected chi connectivity index (χ2v) is 7.64. The van der Waals surface area contributed by atoms with Gasteiger partial charge in [-0.15, -0.1) is 5.10 Å². The molecule has 0 spiro atoms. The van der Waals surface area contributed by atoms with Crippen LogP contribution >= 0.6 is 0 Å². The maximum Gasteiger partial charge on any atom is 0.254 e. The highest BCUT2D eigenvalue weighted by atomic mass is 16.1. The highest BCUT2D eigenvalue weighted by Gasteiger charge is 2.27. The molecule has 7 nitrogen and oxygen atoms in total. The van der Waals surface area contributed by atoms with Crippen LogP contribution < -0.4 is 5.32 Å². The number of aromatic amines is 1. The Morgan fingerprint density at radius 2 is 2.07 bits per heavy atom. The monoisotopic (exact) mass is 386 g/mol. The number of hydrogen-bond acceptors (Lipinski definition) is 4. The Bertz CT molecular complexity index is 1210. The van der Waals surface area contributed by atoms with Gasteiger partial charge in [-0.05, 0) is 72.4 Å². The van der Waals surface area contributed by atoms with Gasteiger partial charge < -0.3 is 10.3 Å². The topological polar surface area (TPSA) is 88.5 Å². The lowest BCUT2D eigenvalue weighted by molar-refractivity contribution is 0.0931. The number of benzene rings is 2. The second kappa shape index (κ2) is 6.84. The average molecular weight is 386 g/mol. The first-order valence-corrected chi connectivity index (χ1v) is 9.87. The standard InChI is InChI=1S/C22H22N6O/c1-13-10-11-17(21(14(13)2)28-12-23-26-27-28)22(29)25-19-9-5-7-16-15-6-3-4-8-18(15)24-20(16)19/h3-4,6,8,10-12,19,24H,5,7,9H2,1-2H3,(H,25,29)/t19-/m0/s1. The van der Waals surface area contributed by atoms with E-state index in [0.717, 1.165) is 47.3 Å². The predicted molar refractivity (Wildman–Crippen MR) is 110 cm³/mol. The molecule has 2 aromatic heterocycles. The third-order valence-electron chi connectivity index (χ3n) is 5.94. The van der Waals surface area contributed by atoms with E-state index in [9.17, 15) is 4.79 Å². The number of carbonyl (C=O) groups is 1. The van der Waals surface area contributed by atoms with Gasteiger partial charge in [0.2, 0.25) is 0 Å². The van der Waals surface area contributed by atoms with Crippen LogP contribution in [0.25, 0.3) is 16.6 Å². The lowest BCUT2D eigenvalue weighted by Crippen LogP contribution is -2.32. The Kier molecular flexibility index (Phi) is 4.16. The number of para-hydroxylation sites is 1. The molecule has 0 fully saturated rings. The van der Waals surface area contributed by atoms with Crippen molar-refractivity contribution in [3.05, 3.63) is 70.7 Å². The van der Waals surface area contributed by atoms with E-state index in [4.69, 9.17) is 0 Å². The molecule has 146 valence electrons. The minimum Gasteiger partial charge on any atom is -0.356 e. The molecule has 0 unspecified atom stereocenters. The smallest absolute Gasteiger partial charge is 0.254 e. The fourth-order valence-corrected chi connectivity index (χ4v) is 4.34. The first kappa shape index (κ1) is 17.6. The predicted octanol–water partition coefficient (Wildman–Crippen LogP) is 3.57. The van der Waals surface area contributed by atoms with Crippen molar-refractivity contribution in [3.63, 3.8) is 0 Å². The molecule has 0 aliphatic heterocycles. The maximum atomic E-state index is 13.3. The Labute approximate surface area is 168 Å². The molecule has 2 aromatic carbocycles. The summed E-state index contributed by atoms with van der Waals surface area (Å²) in [5.41, 5.74) is 6.93. The Morgan fingerprint density at radius 3 is 2.90 bits per heavy atom. The molecule has 1 amide bonds. The highest BCUT2D eigenvalue weighted by molar-refractivity contribution is 5.99. The molecule has 1 atom stereocenters. The average Bonchev–Trinajstić information content (AvgIpc) is 3.38. The van der Waals surface area contributed by atoms with Gasteiger partial charge in [-0.25, -0.2) is 0 Å². The van der Waals surface area contributed by atoms with E-state index in [1.165, 1.54) is 17.3 Å². The van der Waals surface area contributed by atoms with Crippen LogP contribution in [0.5, 0.6) is 0 Å². The van der Waals surface area contributed by atoms with E-state index in [1.807, 2.05) is 32.0 Å². The minimum atomic E-state index is -0.116. The summed E-state index contributed by atoms with van der Waals surface area (Å²) in [5.74, 6) is -0.116. The zero-order valence-electron chi connectivity index (χ0n) is 16.4. The summed E-state index contributed by atoms with van der Waals surface area (Å²) in [6.07, 6.45) is 4.52. The number of aryl methyl sites for hydroxylation is 2. The van der Waals surface area contributed by atoms with E-state index >= 15 is 0 Å². The van der Waals surface area contributed by atoms with Gasteiger partial charge in [0.25, 0.3) is 5.91 Å². The molecule has 1 aliphatic carbocycles. The fourth-order valence-electron chi connectivity index (χ4n) is 4.34. The number of rotatable bonds is 3. The molecule has 5 rings (SSSR count). The van der Waals surface area contributed by atoms with Gasteiger partial charge in [-0.3, -0.25) is 4.79 Å². The van der Waals surface area contributed by atoms with Crippen molar-refractivity contribution in [2.75, 3.05) is 0 Å². The molecule has 0 radical (unpaired) electrons. The number of H-pyrrole nitrogens is 1. The van der Waals surface area contributed by atoms with Gasteiger partial charge >= 0.3 is 0 Å². The first-order valence-electron chi connectivity index (χ1n) is 9.87. The number of nitrogens with one attached hydrogen (secondary N) is 2. The van der Waals surface area contributed by atoms with E-state index in [0.29, 0.717) is 5.56 Å². The van der Waals surface area contributed by atoms with E-state index < -0.39 is 0 Å². The molecule has 2 heterocycles. The van der Waals surface area contributed by atoms with Crippen molar-refractivity contribution in [3.8, 4) is 5.69 Å². The number of hydrogen-bond donors (Lipinski definition) is 2. The SMILES string of the molecule is Cc1ccc(C(=O)N[C@H]2CCCc3c2[nH]c2ccccc32)c(-n2cnnn2)c1C. The third-order valence-corrected chi connectivity index (χ3v) is 5.94. The summed E-state index contributed by atoms with van der Waals surface area (Å²) in [6, 6.07) is 12.1. The van der Waals surface area contributed by atoms with Crippen LogP contribution in [0.1, 0.15) is 51.6 Å². The van der Waals surface area contributed by atoms with Crippen molar-refractivity contribution >= 4 is 16.8 Å². The van der Waals surface area contributed by atoms with Crippen molar-refractivity contribution in [1.29, 1.82) is 0 Å². The van der Waals surface area contributed by atoms with Crippen LogP contribution in [-0.4, -0.2) is 31.1 Å². The number of aromatic nitrogens is 5. The second-order valence-electron chi connectivity index (χ2n) is 7.64. The van der Waals surface area contributed by atoms with Crippen molar-refractivity contribution in [2.45, 2.75) is 39.2 Å². The summed E-state index contributed by atoms with van der Waals surface area (Å²) >= 11 is 0. The van der Waals surface area contributed by atoms with E-state index in [2.05, 4.69) is 44.0 Å². The van der Waals surface area contributed by atoms with Crippen LogP contribution in [0.3, 0.4) is 0 Å². The van der Waals surface area contributed by atoms with Gasteiger partial charge in [-0.1, -0.05) is 24.3 Å². The van der Waals surface area contributed by atoms with Crippen LogP contribution in [0.2, 0.25) is 0 Å². The quantitative estimate of drug-likeness (QED) is 0.563. The summed E-state index contributed by atoms with van der Waals surface area (Å²) < 4.78 is 1.56. The van der Waals surface area contributed by atoms with E-state index in [1.54, 1.807) is 4.68 Å². The number of fused-ring (bicyclic) bond motifs is 3.